The van der Waals surface area contributed by atoms with Crippen LogP contribution in [0.25, 0.3) is 0 Å². The zero-order valence-corrected chi connectivity index (χ0v) is 15.9. The first-order valence-corrected chi connectivity index (χ1v) is 8.71. The van der Waals surface area contributed by atoms with Gasteiger partial charge in [-0.3, -0.25) is 4.79 Å². The second-order valence-corrected chi connectivity index (χ2v) is 7.92. The number of hydrogen-bond donors (Lipinski definition) is 1. The molecule has 0 bridgehead atoms. The zero-order chi connectivity index (χ0) is 18.8. The molecule has 1 heterocycles. The minimum Gasteiger partial charge on any atom is -0.442 e. The predicted molar refractivity (Wildman–Crippen MR) is 94.6 cm³/mol. The summed E-state index contributed by atoms with van der Waals surface area (Å²) in [7, 11) is 0. The smallest absolute Gasteiger partial charge is 0.360 e. The Morgan fingerprint density at radius 2 is 1.92 bits per heavy atom. The average molecular weight is 405 g/mol. The second-order valence-electron chi connectivity index (χ2n) is 6.16. The number of esters is 1. The number of ether oxygens (including phenoxy) is 1. The van der Waals surface area contributed by atoms with Gasteiger partial charge in [-0.1, -0.05) is 41.4 Å². The van der Waals surface area contributed by atoms with E-state index in [1.807, 2.05) is 0 Å². The van der Waals surface area contributed by atoms with Gasteiger partial charge in [0.05, 0.1) is 0 Å². The molecule has 0 saturated heterocycles. The summed E-state index contributed by atoms with van der Waals surface area (Å²) in [6, 6.07) is 5.55. The highest BCUT2D eigenvalue weighted by molar-refractivity contribution is 7.11. The van der Waals surface area contributed by atoms with Gasteiger partial charge in [0.15, 0.2) is 5.69 Å². The van der Waals surface area contributed by atoms with Crippen LogP contribution < -0.4 is 5.32 Å². The van der Waals surface area contributed by atoms with Crippen molar-refractivity contribution < 1.29 is 18.7 Å². The molecule has 0 aliphatic rings. The van der Waals surface area contributed by atoms with E-state index in [0.717, 1.165) is 11.5 Å². The van der Waals surface area contributed by atoms with Gasteiger partial charge in [-0.05, 0) is 38.4 Å². The summed E-state index contributed by atoms with van der Waals surface area (Å²) in [4.78, 5) is 24.9. The molecule has 134 valence electrons. The molecule has 2 rings (SSSR count). The molecule has 25 heavy (non-hydrogen) atoms. The SMILES string of the molecule is CC(C)(C)NC(=O)[C@@H](OC(=O)c1nsc(Cl)c1Cl)c1ccccc1F. The third kappa shape index (κ3) is 4.90. The predicted octanol–water partition coefficient (Wildman–Crippen LogP) is 4.40. The highest BCUT2D eigenvalue weighted by Gasteiger charge is 2.32. The summed E-state index contributed by atoms with van der Waals surface area (Å²) in [5.74, 6) is -2.30. The number of aromatic nitrogens is 1. The lowest BCUT2D eigenvalue weighted by molar-refractivity contribution is -0.132. The van der Waals surface area contributed by atoms with Crippen molar-refractivity contribution in [3.05, 3.63) is 50.7 Å². The summed E-state index contributed by atoms with van der Waals surface area (Å²) in [5, 5.41) is 2.59. The number of halogens is 3. The highest BCUT2D eigenvalue weighted by Crippen LogP contribution is 2.31. The van der Waals surface area contributed by atoms with E-state index in [1.165, 1.54) is 24.3 Å². The van der Waals surface area contributed by atoms with Crippen molar-refractivity contribution in [3.8, 4) is 0 Å². The van der Waals surface area contributed by atoms with E-state index in [2.05, 4.69) is 9.69 Å². The van der Waals surface area contributed by atoms with Gasteiger partial charge in [0.2, 0.25) is 6.10 Å². The molecule has 9 heteroatoms. The van der Waals surface area contributed by atoms with Crippen LogP contribution in [0, 0.1) is 5.82 Å². The van der Waals surface area contributed by atoms with E-state index >= 15 is 0 Å². The number of carbonyl (C=O) groups excluding carboxylic acids is 2. The van der Waals surface area contributed by atoms with Crippen LogP contribution in [0.2, 0.25) is 9.36 Å². The molecule has 1 N–H and O–H groups in total. The van der Waals surface area contributed by atoms with E-state index < -0.39 is 29.3 Å². The lowest BCUT2D eigenvalue weighted by atomic mass is 10.0. The molecule has 5 nitrogen and oxygen atoms in total. The third-order valence-electron chi connectivity index (χ3n) is 2.94. The monoisotopic (exact) mass is 404 g/mol. The van der Waals surface area contributed by atoms with Crippen molar-refractivity contribution >= 4 is 46.6 Å². The molecule has 0 fully saturated rings. The molecule has 0 spiro atoms. The van der Waals surface area contributed by atoms with E-state index in [1.54, 1.807) is 20.8 Å². The Morgan fingerprint density at radius 1 is 1.28 bits per heavy atom. The highest BCUT2D eigenvalue weighted by atomic mass is 35.5. The molecule has 0 saturated carbocycles. The lowest BCUT2D eigenvalue weighted by Gasteiger charge is -2.25. The van der Waals surface area contributed by atoms with Gasteiger partial charge in [-0.2, -0.15) is 4.37 Å². The number of nitrogens with zero attached hydrogens (tertiary/aromatic N) is 1. The van der Waals surface area contributed by atoms with Crippen molar-refractivity contribution in [2.75, 3.05) is 0 Å². The van der Waals surface area contributed by atoms with Crippen LogP contribution in [0.3, 0.4) is 0 Å². The van der Waals surface area contributed by atoms with Crippen LogP contribution in [0.5, 0.6) is 0 Å². The van der Waals surface area contributed by atoms with Gasteiger partial charge in [-0.15, -0.1) is 0 Å². The minimum atomic E-state index is -1.50. The Bertz CT molecular complexity index is 805. The topological polar surface area (TPSA) is 68.3 Å². The van der Waals surface area contributed by atoms with Crippen molar-refractivity contribution in [3.63, 3.8) is 0 Å². The number of hydrogen-bond acceptors (Lipinski definition) is 5. The average Bonchev–Trinajstić information content (AvgIpc) is 2.83. The quantitative estimate of drug-likeness (QED) is 0.766. The van der Waals surface area contributed by atoms with Crippen LogP contribution >= 0.6 is 34.7 Å². The fourth-order valence-electron chi connectivity index (χ4n) is 1.93. The largest absolute Gasteiger partial charge is 0.442 e. The van der Waals surface area contributed by atoms with Crippen LogP contribution in [0.15, 0.2) is 24.3 Å². The molecule has 1 aromatic heterocycles. The maximum atomic E-state index is 14.1. The first-order chi connectivity index (χ1) is 11.6. The van der Waals surface area contributed by atoms with Crippen LogP contribution in [0.1, 0.15) is 42.9 Å². The van der Waals surface area contributed by atoms with Gasteiger partial charge in [0, 0.05) is 11.1 Å². The van der Waals surface area contributed by atoms with E-state index in [4.69, 9.17) is 27.9 Å². The zero-order valence-electron chi connectivity index (χ0n) is 13.6. The number of rotatable bonds is 4. The normalized spacial score (nSPS) is 12.6. The molecule has 0 radical (unpaired) electrons. The Morgan fingerprint density at radius 3 is 2.44 bits per heavy atom. The maximum absolute atomic E-state index is 14.1. The Kier molecular flexibility index (Phi) is 6.03. The number of benzene rings is 1. The van der Waals surface area contributed by atoms with Gasteiger partial charge >= 0.3 is 5.97 Å². The molecule has 0 aliphatic heterocycles. The number of carbonyl (C=O) groups is 2. The molecular weight excluding hydrogens is 390 g/mol. The fraction of sp³-hybridized carbons (Fsp3) is 0.312. The Balaban J connectivity index is 2.35. The summed E-state index contributed by atoms with van der Waals surface area (Å²) in [6.07, 6.45) is -1.50. The van der Waals surface area contributed by atoms with E-state index in [0.29, 0.717) is 0 Å². The van der Waals surface area contributed by atoms with Crippen molar-refractivity contribution in [2.45, 2.75) is 32.4 Å². The van der Waals surface area contributed by atoms with Gasteiger partial charge in [0.1, 0.15) is 15.2 Å². The Labute approximate surface area is 158 Å². The van der Waals surface area contributed by atoms with Crippen molar-refractivity contribution in [1.29, 1.82) is 0 Å². The van der Waals surface area contributed by atoms with Gasteiger partial charge < -0.3 is 10.1 Å². The summed E-state index contributed by atoms with van der Waals surface area (Å²) in [6.45, 7) is 5.26. The van der Waals surface area contributed by atoms with Crippen LogP contribution in [-0.2, 0) is 9.53 Å². The fourth-order valence-corrected chi connectivity index (χ4v) is 2.91. The standard InChI is InChI=1S/C16H15Cl2FN2O3S/c1-16(2,3)20-14(22)12(8-6-4-5-7-9(8)19)24-15(23)11-10(17)13(18)25-21-11/h4-7,12H,1-3H3,(H,20,22)/t12-/m0/s1. The van der Waals surface area contributed by atoms with Crippen molar-refractivity contribution in [2.24, 2.45) is 0 Å². The van der Waals surface area contributed by atoms with Crippen LogP contribution in [-0.4, -0.2) is 21.8 Å². The van der Waals surface area contributed by atoms with Gasteiger partial charge in [-0.25, -0.2) is 9.18 Å². The number of amides is 1. The molecule has 1 atom stereocenters. The first kappa shape index (κ1) is 19.6. The van der Waals surface area contributed by atoms with Crippen molar-refractivity contribution in [1.82, 2.24) is 9.69 Å². The number of nitrogens with one attached hydrogen (secondary N) is 1. The molecule has 0 aliphatic carbocycles. The second kappa shape index (κ2) is 7.68. The molecule has 1 amide bonds. The third-order valence-corrected chi connectivity index (χ3v) is 4.55. The first-order valence-electron chi connectivity index (χ1n) is 7.18. The van der Waals surface area contributed by atoms with E-state index in [-0.39, 0.29) is 20.6 Å². The summed E-state index contributed by atoms with van der Waals surface area (Å²) in [5.41, 5.74) is -0.897. The minimum absolute atomic E-state index is 0.0693. The van der Waals surface area contributed by atoms with E-state index in [9.17, 15) is 14.0 Å². The Hall–Kier alpha value is -1.70. The summed E-state index contributed by atoms with van der Waals surface area (Å²) >= 11 is 12.5. The van der Waals surface area contributed by atoms with Gasteiger partial charge in [0.25, 0.3) is 5.91 Å². The van der Waals surface area contributed by atoms with Crippen LogP contribution in [0.4, 0.5) is 4.39 Å². The maximum Gasteiger partial charge on any atom is 0.360 e. The summed E-state index contributed by atoms with van der Waals surface area (Å²) < 4.78 is 23.3. The molecule has 1 aromatic carbocycles. The lowest BCUT2D eigenvalue weighted by Crippen LogP contribution is -2.44. The molecule has 0 unspecified atom stereocenters. The molecule has 2 aromatic rings. The molecular formula is C16H15Cl2FN2O3S.